The SMILES string of the molecule is C[n+]1ccc(C(F)(F)c2cc(Cl)nc(Cl)c2)cc1. The van der Waals surface area contributed by atoms with Crippen LogP contribution in [0.15, 0.2) is 36.7 Å². The molecule has 0 saturated heterocycles. The van der Waals surface area contributed by atoms with Crippen molar-refractivity contribution in [2.75, 3.05) is 0 Å². The summed E-state index contributed by atoms with van der Waals surface area (Å²) in [5, 5.41) is -0.114. The van der Waals surface area contributed by atoms with E-state index in [0.29, 0.717) is 0 Å². The largest absolute Gasteiger partial charge is 0.299 e. The molecule has 0 aliphatic rings. The Hall–Kier alpha value is -1.26. The van der Waals surface area contributed by atoms with Gasteiger partial charge in [-0.3, -0.25) is 0 Å². The maximum absolute atomic E-state index is 14.2. The molecule has 18 heavy (non-hydrogen) atoms. The summed E-state index contributed by atoms with van der Waals surface area (Å²) < 4.78 is 30.1. The Morgan fingerprint density at radius 1 is 1.06 bits per heavy atom. The predicted molar refractivity (Wildman–Crippen MR) is 64.9 cm³/mol. The topological polar surface area (TPSA) is 16.8 Å². The van der Waals surface area contributed by atoms with Crippen molar-refractivity contribution in [1.29, 1.82) is 0 Å². The molecule has 0 spiro atoms. The number of rotatable bonds is 2. The normalized spacial score (nSPS) is 11.6. The van der Waals surface area contributed by atoms with Gasteiger partial charge in [0, 0.05) is 23.3 Å². The fraction of sp³-hybridized carbons (Fsp3) is 0.167. The average Bonchev–Trinajstić information content (AvgIpc) is 2.28. The van der Waals surface area contributed by atoms with Crippen molar-refractivity contribution in [2.24, 2.45) is 7.05 Å². The Morgan fingerprint density at radius 2 is 1.56 bits per heavy atom. The van der Waals surface area contributed by atoms with Crippen LogP contribution in [0, 0.1) is 0 Å². The maximum Gasteiger partial charge on any atom is 0.299 e. The molecule has 2 heterocycles. The first-order valence-electron chi connectivity index (χ1n) is 5.07. The summed E-state index contributed by atoms with van der Waals surface area (Å²) in [5.74, 6) is -3.16. The number of nitrogens with zero attached hydrogens (tertiary/aromatic N) is 2. The maximum atomic E-state index is 14.2. The number of pyridine rings is 2. The van der Waals surface area contributed by atoms with Gasteiger partial charge in [-0.05, 0) is 12.1 Å². The molecule has 0 aliphatic carbocycles. The third-order valence-electron chi connectivity index (χ3n) is 2.47. The number of aromatic nitrogens is 2. The van der Waals surface area contributed by atoms with E-state index in [2.05, 4.69) is 4.98 Å². The van der Waals surface area contributed by atoms with Crippen LogP contribution in [0.2, 0.25) is 10.3 Å². The fourth-order valence-corrected chi connectivity index (χ4v) is 1.98. The lowest BCUT2D eigenvalue weighted by molar-refractivity contribution is -0.671. The predicted octanol–water partition coefficient (Wildman–Crippen LogP) is 3.35. The van der Waals surface area contributed by atoms with Crippen LogP contribution in [0.3, 0.4) is 0 Å². The molecule has 0 atom stereocenters. The van der Waals surface area contributed by atoms with Gasteiger partial charge < -0.3 is 0 Å². The summed E-state index contributed by atoms with van der Waals surface area (Å²) in [6.45, 7) is 0. The van der Waals surface area contributed by atoms with E-state index in [-0.39, 0.29) is 21.4 Å². The molecule has 2 nitrogen and oxygen atoms in total. The van der Waals surface area contributed by atoms with Crippen LogP contribution in [-0.2, 0) is 13.0 Å². The van der Waals surface area contributed by atoms with Crippen molar-refractivity contribution in [3.8, 4) is 0 Å². The first kappa shape index (κ1) is 13.2. The number of hydrogen-bond donors (Lipinski definition) is 0. The molecule has 0 unspecified atom stereocenters. The van der Waals surface area contributed by atoms with Crippen molar-refractivity contribution in [3.63, 3.8) is 0 Å². The zero-order valence-corrected chi connectivity index (χ0v) is 10.9. The molecule has 0 bridgehead atoms. The van der Waals surface area contributed by atoms with Gasteiger partial charge >= 0.3 is 0 Å². The molecule has 2 aromatic rings. The summed E-state index contributed by atoms with van der Waals surface area (Å²) in [7, 11) is 1.75. The second-order valence-corrected chi connectivity index (χ2v) is 4.60. The number of alkyl halides is 2. The molecule has 0 N–H and O–H groups in total. The number of halogens is 4. The van der Waals surface area contributed by atoms with Crippen molar-refractivity contribution in [3.05, 3.63) is 58.1 Å². The summed E-state index contributed by atoms with van der Waals surface area (Å²) in [5.41, 5.74) is -0.403. The van der Waals surface area contributed by atoms with E-state index < -0.39 is 5.92 Å². The van der Waals surface area contributed by atoms with Gasteiger partial charge in [0.2, 0.25) is 0 Å². The second kappa shape index (κ2) is 4.78. The van der Waals surface area contributed by atoms with Gasteiger partial charge in [0.15, 0.2) is 12.4 Å². The minimum atomic E-state index is -3.16. The van der Waals surface area contributed by atoms with Crippen LogP contribution in [0.1, 0.15) is 11.1 Å². The van der Waals surface area contributed by atoms with E-state index in [1.807, 2.05) is 0 Å². The number of hydrogen-bond acceptors (Lipinski definition) is 1. The molecule has 0 aliphatic heterocycles. The second-order valence-electron chi connectivity index (χ2n) is 3.83. The zero-order valence-electron chi connectivity index (χ0n) is 9.37. The minimum Gasteiger partial charge on any atom is -0.224 e. The van der Waals surface area contributed by atoms with Crippen LogP contribution >= 0.6 is 23.2 Å². The lowest BCUT2D eigenvalue weighted by Crippen LogP contribution is -2.27. The molecule has 0 radical (unpaired) electrons. The van der Waals surface area contributed by atoms with Gasteiger partial charge in [-0.25, -0.2) is 9.55 Å². The fourth-order valence-electron chi connectivity index (χ4n) is 1.52. The number of aryl methyl sites for hydroxylation is 1. The summed E-state index contributed by atoms with van der Waals surface area (Å²) in [6, 6.07) is 4.92. The molecule has 0 amide bonds. The Morgan fingerprint density at radius 3 is 2.06 bits per heavy atom. The molecule has 2 aromatic heterocycles. The van der Waals surface area contributed by atoms with E-state index in [1.165, 1.54) is 12.1 Å². The highest BCUT2D eigenvalue weighted by atomic mass is 35.5. The molecule has 2 rings (SSSR count). The lowest BCUT2D eigenvalue weighted by atomic mass is 10.0. The summed E-state index contributed by atoms with van der Waals surface area (Å²) in [6.07, 6.45) is 3.10. The van der Waals surface area contributed by atoms with Gasteiger partial charge in [0.25, 0.3) is 5.92 Å². The van der Waals surface area contributed by atoms with Crippen LogP contribution in [0.5, 0.6) is 0 Å². The van der Waals surface area contributed by atoms with Gasteiger partial charge in [-0.2, -0.15) is 8.78 Å². The smallest absolute Gasteiger partial charge is 0.224 e. The van der Waals surface area contributed by atoms with Gasteiger partial charge in [0.05, 0.1) is 0 Å². The molecular formula is C12H9Cl2F2N2+. The van der Waals surface area contributed by atoms with E-state index in [0.717, 1.165) is 12.1 Å². The van der Waals surface area contributed by atoms with Crippen LogP contribution in [0.4, 0.5) is 8.78 Å². The summed E-state index contributed by atoms with van der Waals surface area (Å²) >= 11 is 11.3. The highest BCUT2D eigenvalue weighted by Gasteiger charge is 2.35. The monoisotopic (exact) mass is 289 g/mol. The zero-order chi connectivity index (χ0) is 13.3. The highest BCUT2D eigenvalue weighted by molar-refractivity contribution is 6.32. The third-order valence-corrected chi connectivity index (χ3v) is 2.85. The van der Waals surface area contributed by atoms with Crippen molar-refractivity contribution >= 4 is 23.2 Å². The first-order chi connectivity index (χ1) is 8.39. The average molecular weight is 290 g/mol. The summed E-state index contributed by atoms with van der Waals surface area (Å²) in [4.78, 5) is 3.65. The van der Waals surface area contributed by atoms with Crippen molar-refractivity contribution < 1.29 is 13.3 Å². The highest BCUT2D eigenvalue weighted by Crippen LogP contribution is 2.36. The molecule has 0 aromatic carbocycles. The van der Waals surface area contributed by atoms with E-state index in [1.54, 1.807) is 24.0 Å². The minimum absolute atomic E-state index is 0.0568. The molecule has 6 heteroatoms. The van der Waals surface area contributed by atoms with Gasteiger partial charge in [-0.15, -0.1) is 0 Å². The molecular weight excluding hydrogens is 281 g/mol. The first-order valence-corrected chi connectivity index (χ1v) is 5.82. The molecule has 0 saturated carbocycles. The van der Waals surface area contributed by atoms with E-state index in [9.17, 15) is 8.78 Å². The van der Waals surface area contributed by atoms with Crippen molar-refractivity contribution in [2.45, 2.75) is 5.92 Å². The molecule has 94 valence electrons. The quantitative estimate of drug-likeness (QED) is 0.612. The third kappa shape index (κ3) is 2.60. The van der Waals surface area contributed by atoms with Crippen LogP contribution in [0.25, 0.3) is 0 Å². The van der Waals surface area contributed by atoms with Gasteiger partial charge in [-0.1, -0.05) is 23.2 Å². The molecule has 0 fully saturated rings. The van der Waals surface area contributed by atoms with E-state index >= 15 is 0 Å². The van der Waals surface area contributed by atoms with Gasteiger partial charge in [0.1, 0.15) is 17.4 Å². The Balaban J connectivity index is 2.49. The van der Waals surface area contributed by atoms with Crippen LogP contribution in [-0.4, -0.2) is 4.98 Å². The Kier molecular flexibility index (Phi) is 3.50. The Bertz CT molecular complexity index is 551. The standard InChI is InChI=1S/C12H9Cl2F2N2/c1-18-4-2-8(3-5-18)12(15,16)9-6-10(13)17-11(14)7-9/h2-7H,1H3/q+1. The Labute approximate surface area is 113 Å². The van der Waals surface area contributed by atoms with E-state index in [4.69, 9.17) is 23.2 Å². The van der Waals surface area contributed by atoms with Crippen LogP contribution < -0.4 is 4.57 Å². The van der Waals surface area contributed by atoms with Crippen molar-refractivity contribution in [1.82, 2.24) is 4.98 Å². The lowest BCUT2D eigenvalue weighted by Gasteiger charge is -2.16.